The molecule has 0 aliphatic carbocycles. The zero-order valence-corrected chi connectivity index (χ0v) is 19.8. The molecule has 0 saturated carbocycles. The minimum absolute atomic E-state index is 0.0656. The molecule has 4 rings (SSSR count). The third-order valence-electron chi connectivity index (χ3n) is 6.39. The maximum Gasteiger partial charge on any atom is 0.325 e. The molecule has 1 fully saturated rings. The molecule has 34 heavy (non-hydrogen) atoms. The van der Waals surface area contributed by atoms with Gasteiger partial charge in [-0.1, -0.05) is 57.2 Å². The number of urea groups is 1. The highest BCUT2D eigenvalue weighted by Crippen LogP contribution is 2.35. The summed E-state index contributed by atoms with van der Waals surface area (Å²) in [5.74, 6) is 0.578. The van der Waals surface area contributed by atoms with E-state index in [1.807, 2.05) is 69.3 Å². The number of amides is 4. The van der Waals surface area contributed by atoms with Gasteiger partial charge in [0.25, 0.3) is 5.91 Å². The van der Waals surface area contributed by atoms with Crippen molar-refractivity contribution in [1.29, 1.82) is 0 Å². The van der Waals surface area contributed by atoms with Gasteiger partial charge in [-0.15, -0.1) is 0 Å². The maximum atomic E-state index is 13.3. The van der Waals surface area contributed by atoms with Crippen LogP contribution >= 0.6 is 0 Å². The van der Waals surface area contributed by atoms with Crippen LogP contribution in [-0.4, -0.2) is 42.5 Å². The van der Waals surface area contributed by atoms with E-state index in [1.54, 1.807) is 0 Å². The van der Waals surface area contributed by atoms with Crippen LogP contribution in [0.1, 0.15) is 50.8 Å². The minimum atomic E-state index is -1.16. The first kappa shape index (κ1) is 23.6. The smallest absolute Gasteiger partial charge is 0.325 e. The second kappa shape index (κ2) is 9.75. The Balaban J connectivity index is 1.50. The SMILES string of the molecule is CCC1(c2ccccc2)NC(=O)N(CC(=O)NC(c2ccc3c(c2)OCCCO3)C(C)C)C1=O. The molecule has 2 N–H and O–H groups in total. The number of ether oxygens (including phenoxy) is 2. The summed E-state index contributed by atoms with van der Waals surface area (Å²) in [5, 5.41) is 5.81. The quantitative estimate of drug-likeness (QED) is 0.610. The van der Waals surface area contributed by atoms with Gasteiger partial charge in [-0.3, -0.25) is 14.5 Å². The predicted molar refractivity (Wildman–Crippen MR) is 126 cm³/mol. The molecule has 0 radical (unpaired) electrons. The molecule has 2 aromatic carbocycles. The molecule has 0 aromatic heterocycles. The number of rotatable bonds is 7. The number of hydrogen-bond donors (Lipinski definition) is 2. The zero-order valence-electron chi connectivity index (χ0n) is 19.8. The fourth-order valence-corrected chi connectivity index (χ4v) is 4.50. The van der Waals surface area contributed by atoms with Gasteiger partial charge in [0, 0.05) is 6.42 Å². The molecule has 2 unspecified atom stereocenters. The van der Waals surface area contributed by atoms with Gasteiger partial charge in [-0.2, -0.15) is 0 Å². The number of imide groups is 1. The summed E-state index contributed by atoms with van der Waals surface area (Å²) in [7, 11) is 0. The molecule has 2 heterocycles. The van der Waals surface area contributed by atoms with Crippen LogP contribution in [0, 0.1) is 5.92 Å². The summed E-state index contributed by atoms with van der Waals surface area (Å²) in [6.45, 7) is 6.66. The van der Waals surface area contributed by atoms with Crippen molar-refractivity contribution in [3.8, 4) is 11.5 Å². The monoisotopic (exact) mass is 465 g/mol. The summed E-state index contributed by atoms with van der Waals surface area (Å²) < 4.78 is 11.5. The van der Waals surface area contributed by atoms with Gasteiger partial charge in [-0.05, 0) is 35.6 Å². The molecule has 0 spiro atoms. The highest BCUT2D eigenvalue weighted by atomic mass is 16.5. The molecular weight excluding hydrogens is 434 g/mol. The van der Waals surface area contributed by atoms with Crippen molar-refractivity contribution in [3.05, 3.63) is 59.7 Å². The normalized spacial score (nSPS) is 20.6. The summed E-state index contributed by atoms with van der Waals surface area (Å²) in [6, 6.07) is 13.9. The molecule has 2 aliphatic heterocycles. The summed E-state index contributed by atoms with van der Waals surface area (Å²) in [6.07, 6.45) is 1.19. The van der Waals surface area contributed by atoms with Crippen LogP contribution in [0.25, 0.3) is 0 Å². The number of fused-ring (bicyclic) bond motifs is 1. The van der Waals surface area contributed by atoms with E-state index < -0.39 is 23.4 Å². The van der Waals surface area contributed by atoms with Gasteiger partial charge in [-0.25, -0.2) is 4.79 Å². The second-order valence-electron chi connectivity index (χ2n) is 8.99. The Kier molecular flexibility index (Phi) is 6.77. The van der Waals surface area contributed by atoms with Gasteiger partial charge in [0.15, 0.2) is 11.5 Å². The average molecular weight is 466 g/mol. The van der Waals surface area contributed by atoms with E-state index in [-0.39, 0.29) is 18.5 Å². The number of nitrogens with one attached hydrogen (secondary N) is 2. The van der Waals surface area contributed by atoms with Crippen molar-refractivity contribution >= 4 is 17.8 Å². The topological polar surface area (TPSA) is 97.0 Å². The summed E-state index contributed by atoms with van der Waals surface area (Å²) in [4.78, 5) is 40.1. The Labute approximate surface area is 199 Å². The van der Waals surface area contributed by atoms with Crippen LogP contribution in [0.2, 0.25) is 0 Å². The van der Waals surface area contributed by atoms with Crippen molar-refractivity contribution in [2.75, 3.05) is 19.8 Å². The molecular formula is C26H31N3O5. The molecule has 1 saturated heterocycles. The fraction of sp³-hybridized carbons (Fsp3) is 0.423. The Morgan fingerprint density at radius 3 is 2.47 bits per heavy atom. The maximum absolute atomic E-state index is 13.3. The lowest BCUT2D eigenvalue weighted by Gasteiger charge is -2.26. The predicted octanol–water partition coefficient (Wildman–Crippen LogP) is 3.52. The van der Waals surface area contributed by atoms with Gasteiger partial charge >= 0.3 is 6.03 Å². The van der Waals surface area contributed by atoms with Crippen molar-refractivity contribution < 1.29 is 23.9 Å². The van der Waals surface area contributed by atoms with Crippen molar-refractivity contribution in [2.45, 2.75) is 45.2 Å². The lowest BCUT2D eigenvalue weighted by atomic mass is 9.87. The van der Waals surface area contributed by atoms with E-state index in [0.29, 0.717) is 36.7 Å². The Morgan fingerprint density at radius 1 is 1.09 bits per heavy atom. The summed E-state index contributed by atoms with van der Waals surface area (Å²) >= 11 is 0. The first-order valence-corrected chi connectivity index (χ1v) is 11.7. The van der Waals surface area contributed by atoms with Gasteiger partial charge in [0.2, 0.25) is 5.91 Å². The number of nitrogens with zero attached hydrogens (tertiary/aromatic N) is 1. The van der Waals surface area contributed by atoms with Crippen LogP contribution in [0.3, 0.4) is 0 Å². The molecule has 8 nitrogen and oxygen atoms in total. The first-order valence-electron chi connectivity index (χ1n) is 11.7. The highest BCUT2D eigenvalue weighted by molar-refractivity contribution is 6.09. The van der Waals surface area contributed by atoms with E-state index in [0.717, 1.165) is 16.9 Å². The van der Waals surface area contributed by atoms with Crippen LogP contribution < -0.4 is 20.1 Å². The molecule has 0 bridgehead atoms. The molecule has 180 valence electrons. The van der Waals surface area contributed by atoms with Gasteiger partial charge in [0.1, 0.15) is 12.1 Å². The number of hydrogen-bond acceptors (Lipinski definition) is 5. The number of carbonyl (C=O) groups is 3. The largest absolute Gasteiger partial charge is 0.490 e. The standard InChI is InChI=1S/C26H31N3O5/c1-4-26(19-9-6-5-7-10-19)24(31)29(25(32)28-26)16-22(30)27-23(17(2)3)18-11-12-20-21(15-18)34-14-8-13-33-20/h5-7,9-12,15,17,23H,4,8,13-14,16H2,1-3H3,(H,27,30)(H,28,32). The van der Waals surface area contributed by atoms with Gasteiger partial charge < -0.3 is 20.1 Å². The summed E-state index contributed by atoms with van der Waals surface area (Å²) in [5.41, 5.74) is 0.410. The minimum Gasteiger partial charge on any atom is -0.490 e. The second-order valence-corrected chi connectivity index (χ2v) is 8.99. The number of benzene rings is 2. The van der Waals surface area contributed by atoms with Crippen LogP contribution in [0.15, 0.2) is 48.5 Å². The van der Waals surface area contributed by atoms with Crippen molar-refractivity contribution in [3.63, 3.8) is 0 Å². The van der Waals surface area contributed by atoms with E-state index in [1.165, 1.54) is 0 Å². The third kappa shape index (κ3) is 4.44. The Bertz CT molecular complexity index is 1070. The van der Waals surface area contributed by atoms with Crippen LogP contribution in [0.5, 0.6) is 11.5 Å². The van der Waals surface area contributed by atoms with Crippen LogP contribution in [-0.2, 0) is 15.1 Å². The van der Waals surface area contributed by atoms with Crippen molar-refractivity contribution in [1.82, 2.24) is 15.5 Å². The van der Waals surface area contributed by atoms with E-state index in [2.05, 4.69) is 10.6 Å². The molecule has 2 aliphatic rings. The Hall–Kier alpha value is -3.55. The third-order valence-corrected chi connectivity index (χ3v) is 6.39. The van der Waals surface area contributed by atoms with Crippen molar-refractivity contribution in [2.24, 2.45) is 5.92 Å². The zero-order chi connectivity index (χ0) is 24.3. The van der Waals surface area contributed by atoms with Crippen LogP contribution in [0.4, 0.5) is 4.79 Å². The molecule has 2 aromatic rings. The molecule has 4 amide bonds. The average Bonchev–Trinajstić information content (AvgIpc) is 2.98. The number of carbonyl (C=O) groups excluding carboxylic acids is 3. The van der Waals surface area contributed by atoms with E-state index >= 15 is 0 Å². The van der Waals surface area contributed by atoms with Gasteiger partial charge in [0.05, 0.1) is 19.3 Å². The lowest BCUT2D eigenvalue weighted by molar-refractivity contribution is -0.135. The molecule has 8 heteroatoms. The Morgan fingerprint density at radius 2 is 1.79 bits per heavy atom. The molecule has 2 atom stereocenters. The fourth-order valence-electron chi connectivity index (χ4n) is 4.50. The van der Waals surface area contributed by atoms with E-state index in [9.17, 15) is 14.4 Å². The first-order chi connectivity index (χ1) is 16.4. The van der Waals surface area contributed by atoms with E-state index in [4.69, 9.17) is 9.47 Å². The highest BCUT2D eigenvalue weighted by Gasteiger charge is 2.51. The lowest BCUT2D eigenvalue weighted by Crippen LogP contribution is -2.45.